The molecule has 1 aromatic rings. The number of nitrogens with zero attached hydrogens (tertiary/aromatic N) is 2. The lowest BCUT2D eigenvalue weighted by Gasteiger charge is -2.46. The van der Waals surface area contributed by atoms with Gasteiger partial charge in [-0.15, -0.1) is 0 Å². The molecule has 0 saturated carbocycles. The summed E-state index contributed by atoms with van der Waals surface area (Å²) in [6.07, 6.45) is 5.21. The summed E-state index contributed by atoms with van der Waals surface area (Å²) in [5.74, 6) is -0.0356. The monoisotopic (exact) mass is 264 g/mol. The second-order valence-electron chi connectivity index (χ2n) is 6.87. The molecule has 0 spiro atoms. The topological polar surface area (TPSA) is 59.0 Å². The Balaban J connectivity index is 2.04. The third-order valence-corrected chi connectivity index (χ3v) is 3.49. The lowest BCUT2D eigenvalue weighted by molar-refractivity contribution is 0.0873. The van der Waals surface area contributed by atoms with E-state index in [2.05, 4.69) is 43.4 Å². The van der Waals surface area contributed by atoms with Gasteiger partial charge < -0.3 is 10.6 Å². The largest absolute Gasteiger partial charge is 0.349 e. The lowest BCUT2D eigenvalue weighted by atomic mass is 9.79. The fourth-order valence-electron chi connectivity index (χ4n) is 3.23. The fourth-order valence-corrected chi connectivity index (χ4v) is 3.23. The standard InChI is InChI=1S/C14H24N4O/c1-13(2)6-11(7-14(3,4)17-13)16-12(19)10-8-15-18(5)9-10/h8-9,11,17H,6-7H2,1-5H3,(H,16,19). The highest BCUT2D eigenvalue weighted by Gasteiger charge is 2.38. The van der Waals surface area contributed by atoms with Crippen molar-refractivity contribution in [1.29, 1.82) is 0 Å². The Morgan fingerprint density at radius 2 is 1.95 bits per heavy atom. The van der Waals surface area contributed by atoms with E-state index >= 15 is 0 Å². The van der Waals surface area contributed by atoms with Crippen molar-refractivity contribution in [3.05, 3.63) is 18.0 Å². The summed E-state index contributed by atoms with van der Waals surface area (Å²) in [6.45, 7) is 8.71. The summed E-state index contributed by atoms with van der Waals surface area (Å²) < 4.78 is 1.64. The van der Waals surface area contributed by atoms with Gasteiger partial charge >= 0.3 is 0 Å². The van der Waals surface area contributed by atoms with E-state index in [9.17, 15) is 4.79 Å². The number of carbonyl (C=O) groups excluding carboxylic acids is 1. The highest BCUT2D eigenvalue weighted by atomic mass is 16.1. The molecule has 2 heterocycles. The smallest absolute Gasteiger partial charge is 0.254 e. The Labute approximate surface area is 114 Å². The van der Waals surface area contributed by atoms with Gasteiger partial charge in [-0.1, -0.05) is 0 Å². The van der Waals surface area contributed by atoms with E-state index in [1.165, 1.54) is 0 Å². The molecule has 2 N–H and O–H groups in total. The first-order valence-electron chi connectivity index (χ1n) is 6.76. The molecule has 0 radical (unpaired) electrons. The van der Waals surface area contributed by atoms with Crippen molar-refractivity contribution in [3.8, 4) is 0 Å². The SMILES string of the molecule is Cn1cc(C(=O)NC2CC(C)(C)NC(C)(C)C2)cn1. The summed E-state index contributed by atoms with van der Waals surface area (Å²) in [6, 6.07) is 0.193. The minimum absolute atomic E-state index is 0.0356. The molecule has 0 aromatic carbocycles. The van der Waals surface area contributed by atoms with E-state index in [0.29, 0.717) is 5.56 Å². The number of aromatic nitrogens is 2. The summed E-state index contributed by atoms with van der Waals surface area (Å²) in [5.41, 5.74) is 0.695. The second kappa shape index (κ2) is 4.63. The Morgan fingerprint density at radius 1 is 1.37 bits per heavy atom. The number of piperidine rings is 1. The van der Waals surface area contributed by atoms with Gasteiger partial charge in [0.1, 0.15) is 0 Å². The van der Waals surface area contributed by atoms with Crippen LogP contribution in [0.25, 0.3) is 0 Å². The minimum Gasteiger partial charge on any atom is -0.349 e. The Kier molecular flexibility index (Phi) is 3.43. The zero-order chi connectivity index (χ0) is 14.3. The van der Waals surface area contributed by atoms with Gasteiger partial charge in [-0.2, -0.15) is 5.10 Å². The predicted octanol–water partition coefficient (Wildman–Crippen LogP) is 1.46. The Bertz CT molecular complexity index is 460. The lowest BCUT2D eigenvalue weighted by Crippen LogP contribution is -2.62. The van der Waals surface area contributed by atoms with E-state index in [4.69, 9.17) is 0 Å². The maximum absolute atomic E-state index is 12.2. The van der Waals surface area contributed by atoms with Crippen LogP contribution < -0.4 is 10.6 Å². The fraction of sp³-hybridized carbons (Fsp3) is 0.714. The summed E-state index contributed by atoms with van der Waals surface area (Å²) in [5, 5.41) is 10.8. The molecule has 1 fully saturated rings. The first-order valence-corrected chi connectivity index (χ1v) is 6.76. The van der Waals surface area contributed by atoms with E-state index in [1.807, 2.05) is 7.05 Å². The summed E-state index contributed by atoms with van der Waals surface area (Å²) in [4.78, 5) is 12.2. The van der Waals surface area contributed by atoms with Gasteiger partial charge in [0.2, 0.25) is 0 Å². The predicted molar refractivity (Wildman–Crippen MR) is 75.0 cm³/mol. The number of rotatable bonds is 2. The van der Waals surface area contributed by atoms with Crippen LogP contribution in [0.2, 0.25) is 0 Å². The molecule has 2 rings (SSSR count). The average molecular weight is 264 g/mol. The molecular weight excluding hydrogens is 240 g/mol. The molecule has 106 valence electrons. The molecule has 0 bridgehead atoms. The van der Waals surface area contributed by atoms with Crippen LogP contribution in [0.5, 0.6) is 0 Å². The summed E-state index contributed by atoms with van der Waals surface area (Å²) >= 11 is 0. The van der Waals surface area contributed by atoms with E-state index < -0.39 is 0 Å². The third kappa shape index (κ3) is 3.56. The molecule has 0 aliphatic carbocycles. The van der Waals surface area contributed by atoms with Crippen molar-refractivity contribution >= 4 is 5.91 Å². The number of aryl methyl sites for hydroxylation is 1. The third-order valence-electron chi connectivity index (χ3n) is 3.49. The van der Waals surface area contributed by atoms with Gasteiger partial charge in [-0.05, 0) is 40.5 Å². The van der Waals surface area contributed by atoms with E-state index in [0.717, 1.165) is 12.8 Å². The molecule has 1 amide bonds. The highest BCUT2D eigenvalue weighted by molar-refractivity contribution is 5.93. The maximum atomic E-state index is 12.2. The maximum Gasteiger partial charge on any atom is 0.254 e. The van der Waals surface area contributed by atoms with Crippen LogP contribution in [-0.4, -0.2) is 32.8 Å². The van der Waals surface area contributed by atoms with Crippen LogP contribution in [0.1, 0.15) is 50.9 Å². The number of nitrogens with one attached hydrogen (secondary N) is 2. The van der Waals surface area contributed by atoms with E-state index in [1.54, 1.807) is 17.1 Å². The Hall–Kier alpha value is -1.36. The minimum atomic E-state index is -0.0356. The summed E-state index contributed by atoms with van der Waals surface area (Å²) in [7, 11) is 1.81. The molecular formula is C14H24N4O. The van der Waals surface area contributed by atoms with Crippen LogP contribution >= 0.6 is 0 Å². The second-order valence-corrected chi connectivity index (χ2v) is 6.87. The quantitative estimate of drug-likeness (QED) is 0.850. The first-order chi connectivity index (χ1) is 8.67. The van der Waals surface area contributed by atoms with Crippen molar-refractivity contribution in [3.63, 3.8) is 0 Å². The van der Waals surface area contributed by atoms with Crippen LogP contribution in [0.4, 0.5) is 0 Å². The van der Waals surface area contributed by atoms with Crippen LogP contribution in [-0.2, 0) is 7.05 Å². The molecule has 1 aliphatic heterocycles. The molecule has 1 aliphatic rings. The molecule has 0 unspecified atom stereocenters. The molecule has 1 aromatic heterocycles. The van der Waals surface area contributed by atoms with E-state index in [-0.39, 0.29) is 23.0 Å². The highest BCUT2D eigenvalue weighted by Crippen LogP contribution is 2.28. The number of hydrogen-bond donors (Lipinski definition) is 2. The van der Waals surface area contributed by atoms with Crippen molar-refractivity contribution in [1.82, 2.24) is 20.4 Å². The number of amides is 1. The zero-order valence-corrected chi connectivity index (χ0v) is 12.4. The van der Waals surface area contributed by atoms with Gasteiger partial charge in [0.25, 0.3) is 5.91 Å². The van der Waals surface area contributed by atoms with Crippen LogP contribution in [0.15, 0.2) is 12.4 Å². The number of hydrogen-bond acceptors (Lipinski definition) is 3. The van der Waals surface area contributed by atoms with Crippen molar-refractivity contribution in [2.45, 2.75) is 57.7 Å². The molecule has 5 nitrogen and oxygen atoms in total. The van der Waals surface area contributed by atoms with Crippen LogP contribution in [0.3, 0.4) is 0 Å². The molecule has 5 heteroatoms. The van der Waals surface area contributed by atoms with Crippen LogP contribution in [0, 0.1) is 0 Å². The normalized spacial score (nSPS) is 22.2. The van der Waals surface area contributed by atoms with Gasteiger partial charge in [0.15, 0.2) is 0 Å². The van der Waals surface area contributed by atoms with Gasteiger partial charge in [-0.3, -0.25) is 9.48 Å². The molecule has 0 atom stereocenters. The van der Waals surface area contributed by atoms with Crippen molar-refractivity contribution in [2.24, 2.45) is 7.05 Å². The van der Waals surface area contributed by atoms with Crippen molar-refractivity contribution < 1.29 is 4.79 Å². The van der Waals surface area contributed by atoms with Gasteiger partial charge in [-0.25, -0.2) is 0 Å². The van der Waals surface area contributed by atoms with Crippen molar-refractivity contribution in [2.75, 3.05) is 0 Å². The Morgan fingerprint density at radius 3 is 2.42 bits per heavy atom. The van der Waals surface area contributed by atoms with Gasteiger partial charge in [0.05, 0.1) is 11.8 Å². The zero-order valence-electron chi connectivity index (χ0n) is 12.4. The van der Waals surface area contributed by atoms with Gasteiger partial charge in [0, 0.05) is 30.4 Å². The average Bonchev–Trinajstić information content (AvgIpc) is 2.59. The first kappa shape index (κ1) is 14.1. The number of carbonyl (C=O) groups is 1. The molecule has 1 saturated heterocycles. The molecule has 19 heavy (non-hydrogen) atoms.